The number of carbonyl (C=O) groups is 1. The van der Waals surface area contributed by atoms with Gasteiger partial charge in [0, 0.05) is 25.0 Å². The molecule has 0 unspecified atom stereocenters. The second-order valence-electron chi connectivity index (χ2n) is 9.96. The van der Waals surface area contributed by atoms with Crippen LogP contribution in [-0.2, 0) is 18.3 Å². The SMILES string of the molecule is CCOC(=O)c1cnn(-c2cc(=O)n(C)c3ccccc23)c1CNC[C@@H]1C[C@H]2C=C[C@@H]1C21CC1. The number of fused-ring (bicyclic) bond motifs is 1. The van der Waals surface area contributed by atoms with E-state index in [1.54, 1.807) is 35.5 Å². The number of benzene rings is 1. The lowest BCUT2D eigenvalue weighted by Crippen LogP contribution is -2.28. The molecule has 2 bridgehead atoms. The van der Waals surface area contributed by atoms with Crippen LogP contribution < -0.4 is 10.9 Å². The van der Waals surface area contributed by atoms with Gasteiger partial charge in [0.05, 0.1) is 29.7 Å². The molecule has 1 N–H and O–H groups in total. The summed E-state index contributed by atoms with van der Waals surface area (Å²) in [6.45, 7) is 3.47. The standard InChI is InChI=1S/C27H30N4O3/c1-3-34-26(33)20-15-29-31(23-13-25(32)30(2)22-7-5-4-6-19(22)23)24(20)16-28-14-17-12-18-8-9-21(17)27(18)10-11-27/h4-9,13,15,17-18,21,28H,3,10-12,14,16H2,1-2H3/t17-,18+,21-/m0/s1. The maximum absolute atomic E-state index is 12.7. The highest BCUT2D eigenvalue weighted by Gasteiger charge is 2.62. The molecule has 3 atom stereocenters. The Kier molecular flexibility index (Phi) is 4.99. The van der Waals surface area contributed by atoms with E-state index in [2.05, 4.69) is 22.6 Å². The Balaban J connectivity index is 1.33. The lowest BCUT2D eigenvalue weighted by Gasteiger charge is -2.21. The molecule has 3 aliphatic carbocycles. The molecule has 7 nitrogen and oxygen atoms in total. The van der Waals surface area contributed by atoms with Crippen LogP contribution in [-0.4, -0.2) is 33.5 Å². The fourth-order valence-electron chi connectivity index (χ4n) is 6.43. The summed E-state index contributed by atoms with van der Waals surface area (Å²) in [7, 11) is 1.76. The van der Waals surface area contributed by atoms with Gasteiger partial charge in [0.15, 0.2) is 0 Å². The van der Waals surface area contributed by atoms with Gasteiger partial charge in [-0.1, -0.05) is 30.4 Å². The highest BCUT2D eigenvalue weighted by Crippen LogP contribution is 2.69. The number of para-hydroxylation sites is 1. The molecule has 0 radical (unpaired) electrons. The van der Waals surface area contributed by atoms with Gasteiger partial charge in [0.1, 0.15) is 5.56 Å². The molecule has 0 aliphatic heterocycles. The van der Waals surface area contributed by atoms with Crippen LogP contribution in [0.2, 0.25) is 0 Å². The zero-order chi connectivity index (χ0) is 23.4. The van der Waals surface area contributed by atoms with Gasteiger partial charge in [-0.25, -0.2) is 9.48 Å². The van der Waals surface area contributed by atoms with Crippen molar-refractivity contribution in [2.45, 2.75) is 32.7 Å². The Morgan fingerprint density at radius 1 is 1.26 bits per heavy atom. The highest BCUT2D eigenvalue weighted by atomic mass is 16.5. The number of allylic oxidation sites excluding steroid dienone is 2. The second-order valence-corrected chi connectivity index (χ2v) is 9.96. The fraction of sp³-hybridized carbons (Fsp3) is 0.444. The maximum Gasteiger partial charge on any atom is 0.341 e. The zero-order valence-corrected chi connectivity index (χ0v) is 19.7. The first-order valence-corrected chi connectivity index (χ1v) is 12.3. The number of hydrogen-bond donors (Lipinski definition) is 1. The summed E-state index contributed by atoms with van der Waals surface area (Å²) in [4.78, 5) is 25.5. The Hall–Kier alpha value is -3.19. The number of nitrogens with one attached hydrogen (secondary N) is 1. The van der Waals surface area contributed by atoms with E-state index in [1.807, 2.05) is 24.3 Å². The fourth-order valence-corrected chi connectivity index (χ4v) is 6.43. The molecule has 6 rings (SSSR count). The number of ether oxygens (including phenoxy) is 1. The van der Waals surface area contributed by atoms with Crippen molar-refractivity contribution in [3.63, 3.8) is 0 Å². The Morgan fingerprint density at radius 2 is 2.09 bits per heavy atom. The normalized spacial score (nSPS) is 23.8. The third-order valence-corrected chi connectivity index (χ3v) is 8.27. The third-order valence-electron chi connectivity index (χ3n) is 8.27. The number of rotatable bonds is 7. The van der Waals surface area contributed by atoms with E-state index >= 15 is 0 Å². The molecule has 7 heteroatoms. The van der Waals surface area contributed by atoms with Gasteiger partial charge < -0.3 is 14.6 Å². The van der Waals surface area contributed by atoms with Crippen molar-refractivity contribution in [3.05, 3.63) is 70.3 Å². The number of pyridine rings is 1. The molecular formula is C27H30N4O3. The van der Waals surface area contributed by atoms with Gasteiger partial charge in [-0.2, -0.15) is 5.10 Å². The summed E-state index contributed by atoms with van der Waals surface area (Å²) in [6, 6.07) is 9.34. The minimum Gasteiger partial charge on any atom is -0.462 e. The summed E-state index contributed by atoms with van der Waals surface area (Å²) in [5.74, 6) is 1.67. The second kappa shape index (κ2) is 7.94. The molecular weight excluding hydrogens is 428 g/mol. The number of nitrogens with zero attached hydrogens (tertiary/aromatic N) is 3. The van der Waals surface area contributed by atoms with Gasteiger partial charge in [-0.3, -0.25) is 4.79 Å². The molecule has 2 heterocycles. The van der Waals surface area contributed by atoms with E-state index in [1.165, 1.54) is 19.3 Å². The minimum absolute atomic E-state index is 0.121. The molecule has 176 valence electrons. The average molecular weight is 459 g/mol. The monoisotopic (exact) mass is 458 g/mol. The van der Waals surface area contributed by atoms with Crippen molar-refractivity contribution in [2.24, 2.45) is 30.2 Å². The number of carbonyl (C=O) groups excluding carboxylic acids is 1. The van der Waals surface area contributed by atoms with Gasteiger partial charge in [-0.05, 0) is 62.0 Å². The third kappa shape index (κ3) is 3.17. The van der Waals surface area contributed by atoms with Crippen LogP contribution in [0.5, 0.6) is 0 Å². The van der Waals surface area contributed by atoms with Crippen molar-refractivity contribution in [1.82, 2.24) is 19.7 Å². The molecule has 2 aromatic heterocycles. The van der Waals surface area contributed by atoms with E-state index in [0.717, 1.165) is 29.1 Å². The van der Waals surface area contributed by atoms with E-state index in [4.69, 9.17) is 4.74 Å². The van der Waals surface area contributed by atoms with E-state index in [-0.39, 0.29) is 5.56 Å². The summed E-state index contributed by atoms with van der Waals surface area (Å²) >= 11 is 0. The largest absolute Gasteiger partial charge is 0.462 e. The summed E-state index contributed by atoms with van der Waals surface area (Å²) in [6.07, 6.45) is 10.4. The lowest BCUT2D eigenvalue weighted by atomic mass is 9.89. The summed E-state index contributed by atoms with van der Waals surface area (Å²) < 4.78 is 8.66. The minimum atomic E-state index is -0.390. The average Bonchev–Trinajstić information content (AvgIpc) is 3.32. The Morgan fingerprint density at radius 3 is 2.85 bits per heavy atom. The van der Waals surface area contributed by atoms with Crippen molar-refractivity contribution >= 4 is 16.9 Å². The predicted molar refractivity (Wildman–Crippen MR) is 130 cm³/mol. The van der Waals surface area contributed by atoms with Crippen molar-refractivity contribution < 1.29 is 9.53 Å². The number of esters is 1. The number of hydrogen-bond acceptors (Lipinski definition) is 5. The van der Waals surface area contributed by atoms with Crippen LogP contribution in [0, 0.1) is 23.2 Å². The van der Waals surface area contributed by atoms with Crippen LogP contribution in [0.3, 0.4) is 0 Å². The quantitative estimate of drug-likeness (QED) is 0.432. The molecule has 2 fully saturated rings. The molecule has 3 aromatic rings. The van der Waals surface area contributed by atoms with Crippen LogP contribution in [0.25, 0.3) is 16.6 Å². The summed E-state index contributed by atoms with van der Waals surface area (Å²) in [5.41, 5.74) is 3.09. The van der Waals surface area contributed by atoms with E-state index in [0.29, 0.717) is 41.7 Å². The first kappa shape index (κ1) is 21.4. The van der Waals surface area contributed by atoms with Crippen molar-refractivity contribution in [2.75, 3.05) is 13.2 Å². The van der Waals surface area contributed by atoms with Gasteiger partial charge in [-0.15, -0.1) is 0 Å². The van der Waals surface area contributed by atoms with Crippen LogP contribution in [0.1, 0.15) is 42.2 Å². The molecule has 3 aliphatic rings. The molecule has 0 saturated heterocycles. The van der Waals surface area contributed by atoms with E-state index in [9.17, 15) is 9.59 Å². The first-order chi connectivity index (χ1) is 16.5. The molecule has 1 aromatic carbocycles. The first-order valence-electron chi connectivity index (χ1n) is 12.3. The topological polar surface area (TPSA) is 78.2 Å². The van der Waals surface area contributed by atoms with Crippen LogP contribution in [0.4, 0.5) is 0 Å². The van der Waals surface area contributed by atoms with Crippen LogP contribution >= 0.6 is 0 Å². The Labute approximate surface area is 198 Å². The number of aryl methyl sites for hydroxylation is 1. The maximum atomic E-state index is 12.7. The molecule has 1 spiro atoms. The van der Waals surface area contributed by atoms with Gasteiger partial charge in [0.25, 0.3) is 5.56 Å². The van der Waals surface area contributed by atoms with Crippen molar-refractivity contribution in [3.8, 4) is 5.69 Å². The van der Waals surface area contributed by atoms with E-state index < -0.39 is 5.97 Å². The van der Waals surface area contributed by atoms with Gasteiger partial charge in [0.2, 0.25) is 0 Å². The predicted octanol–water partition coefficient (Wildman–Crippen LogP) is 3.59. The zero-order valence-electron chi connectivity index (χ0n) is 19.7. The Bertz CT molecular complexity index is 1360. The lowest BCUT2D eigenvalue weighted by molar-refractivity contribution is 0.0525. The molecule has 0 amide bonds. The van der Waals surface area contributed by atoms with Gasteiger partial charge >= 0.3 is 5.97 Å². The van der Waals surface area contributed by atoms with Crippen molar-refractivity contribution in [1.29, 1.82) is 0 Å². The molecule has 2 saturated carbocycles. The van der Waals surface area contributed by atoms with Crippen LogP contribution in [0.15, 0.2) is 53.5 Å². The smallest absolute Gasteiger partial charge is 0.341 e. The highest BCUT2D eigenvalue weighted by molar-refractivity contribution is 5.92. The number of aromatic nitrogens is 3. The molecule has 34 heavy (non-hydrogen) atoms. The summed E-state index contributed by atoms with van der Waals surface area (Å²) in [5, 5.41) is 9.07.